The van der Waals surface area contributed by atoms with Gasteiger partial charge in [-0.05, 0) is 60.7 Å². The van der Waals surface area contributed by atoms with Crippen LogP contribution in [0.1, 0.15) is 25.3 Å². The summed E-state index contributed by atoms with van der Waals surface area (Å²) in [5.74, 6) is -1.24. The van der Waals surface area contributed by atoms with Crippen LogP contribution < -0.4 is 15.0 Å². The van der Waals surface area contributed by atoms with Crippen molar-refractivity contribution in [2.75, 3.05) is 56.1 Å². The van der Waals surface area contributed by atoms with Crippen molar-refractivity contribution in [1.82, 2.24) is 4.90 Å². The Morgan fingerprint density at radius 3 is 2.67 bits per heavy atom. The standard InChI is InChI=1S/C25H29N3OS.C3H4O3/c1(2-17-29-21-9-8-20-5-4-11-26-23(20)19-21)12-27-13-15-28(16-14-27)24-6-3-7-25-22(24)10-18-30-25;1-2(4)3(5)6/h3-10,18-19,26H,1-2,11-17H2;1H3,(H,5,6). The maximum absolute atomic E-state index is 9.54. The quantitative estimate of drug-likeness (QED) is 0.329. The molecule has 0 spiro atoms. The van der Waals surface area contributed by atoms with E-state index in [4.69, 9.17) is 9.84 Å². The second-order valence-corrected chi connectivity index (χ2v) is 9.84. The van der Waals surface area contributed by atoms with E-state index in [-0.39, 0.29) is 0 Å². The molecule has 5 rings (SSSR count). The molecule has 36 heavy (non-hydrogen) atoms. The third-order valence-corrected chi connectivity index (χ3v) is 7.24. The van der Waals surface area contributed by atoms with Gasteiger partial charge in [-0.15, -0.1) is 11.3 Å². The number of Topliss-reactive ketones (excluding diaryl/α,β-unsaturated/α-hetero) is 1. The molecule has 0 atom stereocenters. The van der Waals surface area contributed by atoms with Crippen molar-refractivity contribution >= 4 is 50.6 Å². The minimum absolute atomic E-state index is 0.786. The number of anilines is 2. The van der Waals surface area contributed by atoms with E-state index in [0.29, 0.717) is 0 Å². The van der Waals surface area contributed by atoms with Crippen LogP contribution in [0.3, 0.4) is 0 Å². The highest BCUT2D eigenvalue weighted by Gasteiger charge is 2.18. The highest BCUT2D eigenvalue weighted by Crippen LogP contribution is 2.31. The molecule has 0 aliphatic carbocycles. The van der Waals surface area contributed by atoms with Crippen molar-refractivity contribution in [3.8, 4) is 5.75 Å². The van der Waals surface area contributed by atoms with E-state index < -0.39 is 11.8 Å². The molecular formula is C28H33N3O4S. The van der Waals surface area contributed by atoms with Gasteiger partial charge in [-0.1, -0.05) is 18.2 Å². The highest BCUT2D eigenvalue weighted by molar-refractivity contribution is 7.17. The van der Waals surface area contributed by atoms with Crippen LogP contribution in [0.4, 0.5) is 11.4 Å². The minimum atomic E-state index is -1.38. The summed E-state index contributed by atoms with van der Waals surface area (Å²) in [5.41, 5.74) is 3.81. The number of carbonyl (C=O) groups excluding carboxylic acids is 1. The Bertz CT molecular complexity index is 1200. The van der Waals surface area contributed by atoms with E-state index in [1.807, 2.05) is 11.3 Å². The number of aliphatic carboxylic acids is 1. The largest absolute Gasteiger partial charge is 0.494 e. The molecule has 0 amide bonds. The van der Waals surface area contributed by atoms with Gasteiger partial charge in [0.15, 0.2) is 0 Å². The number of carboxylic acids is 1. The fraction of sp³-hybridized carbons (Fsp3) is 0.357. The number of piperazine rings is 1. The molecule has 1 aromatic heterocycles. The van der Waals surface area contributed by atoms with Gasteiger partial charge in [-0.25, -0.2) is 4.79 Å². The SMILES string of the molecule is C1=Cc2ccc(OCCCCN3CCN(c4cccc5sccc45)CC3)cc2NC1.CC(=O)C(=O)O. The van der Waals surface area contributed by atoms with Crippen molar-refractivity contribution in [1.29, 1.82) is 0 Å². The fourth-order valence-electron chi connectivity index (χ4n) is 4.37. The number of carboxylic acid groups (broad SMARTS) is 1. The molecule has 3 heterocycles. The van der Waals surface area contributed by atoms with Crippen molar-refractivity contribution in [3.63, 3.8) is 0 Å². The smallest absolute Gasteiger partial charge is 0.371 e. The monoisotopic (exact) mass is 507 g/mol. The molecular weight excluding hydrogens is 474 g/mol. The molecule has 2 aliphatic heterocycles. The van der Waals surface area contributed by atoms with Crippen LogP contribution in [-0.4, -0.2) is 67.6 Å². The summed E-state index contributed by atoms with van der Waals surface area (Å²) in [6.45, 7) is 8.36. The average Bonchev–Trinajstić information content (AvgIpc) is 3.38. The van der Waals surface area contributed by atoms with Gasteiger partial charge in [0, 0.05) is 67.2 Å². The summed E-state index contributed by atoms with van der Waals surface area (Å²) in [7, 11) is 0. The van der Waals surface area contributed by atoms with Crippen LogP contribution in [0.15, 0.2) is 53.9 Å². The van der Waals surface area contributed by atoms with Crippen LogP contribution in [-0.2, 0) is 9.59 Å². The molecule has 0 radical (unpaired) electrons. The van der Waals surface area contributed by atoms with Crippen LogP contribution in [0.25, 0.3) is 16.2 Å². The first kappa shape index (κ1) is 25.7. The molecule has 0 saturated carbocycles. The number of benzene rings is 2. The topological polar surface area (TPSA) is 82.1 Å². The summed E-state index contributed by atoms with van der Waals surface area (Å²) < 4.78 is 7.37. The van der Waals surface area contributed by atoms with Crippen molar-refractivity contribution in [3.05, 3.63) is 59.5 Å². The van der Waals surface area contributed by atoms with Gasteiger partial charge in [-0.2, -0.15) is 0 Å². The summed E-state index contributed by atoms with van der Waals surface area (Å²) >= 11 is 1.83. The number of hydrogen-bond acceptors (Lipinski definition) is 7. The molecule has 0 bridgehead atoms. The first-order chi connectivity index (χ1) is 17.5. The first-order valence-electron chi connectivity index (χ1n) is 12.4. The Balaban J connectivity index is 0.000000455. The minimum Gasteiger partial charge on any atom is -0.494 e. The Hall–Kier alpha value is -3.36. The zero-order valence-corrected chi connectivity index (χ0v) is 21.4. The van der Waals surface area contributed by atoms with Crippen LogP contribution >= 0.6 is 11.3 Å². The summed E-state index contributed by atoms with van der Waals surface area (Å²) in [4.78, 5) is 24.0. The van der Waals surface area contributed by atoms with Gasteiger partial charge in [0.25, 0.3) is 0 Å². The number of ether oxygens (including phenoxy) is 1. The highest BCUT2D eigenvalue weighted by atomic mass is 32.1. The molecule has 3 aromatic rings. The fourth-order valence-corrected chi connectivity index (χ4v) is 5.18. The lowest BCUT2D eigenvalue weighted by Crippen LogP contribution is -2.46. The summed E-state index contributed by atoms with van der Waals surface area (Å²) in [5, 5.41) is 14.6. The maximum Gasteiger partial charge on any atom is 0.371 e. The van der Waals surface area contributed by atoms with Crippen LogP contribution in [0.2, 0.25) is 0 Å². The first-order valence-corrected chi connectivity index (χ1v) is 13.2. The van der Waals surface area contributed by atoms with Crippen LogP contribution in [0, 0.1) is 0 Å². The van der Waals surface area contributed by atoms with E-state index in [2.05, 4.69) is 75.1 Å². The van der Waals surface area contributed by atoms with Gasteiger partial charge in [-0.3, -0.25) is 9.69 Å². The Morgan fingerprint density at radius 1 is 1.08 bits per heavy atom. The number of unbranched alkanes of at least 4 members (excludes halogenated alkanes) is 1. The van der Waals surface area contributed by atoms with E-state index >= 15 is 0 Å². The number of nitrogens with one attached hydrogen (secondary N) is 1. The predicted molar refractivity (Wildman–Crippen MR) is 147 cm³/mol. The average molecular weight is 508 g/mol. The Morgan fingerprint density at radius 2 is 1.89 bits per heavy atom. The zero-order valence-electron chi connectivity index (χ0n) is 20.6. The van der Waals surface area contributed by atoms with E-state index in [9.17, 15) is 9.59 Å². The summed E-state index contributed by atoms with van der Waals surface area (Å²) in [6, 6.07) is 15.3. The Labute approximate surface area is 216 Å². The number of carbonyl (C=O) groups is 2. The normalized spacial score (nSPS) is 15.0. The molecule has 1 saturated heterocycles. The van der Waals surface area contributed by atoms with Gasteiger partial charge in [0.1, 0.15) is 5.75 Å². The number of nitrogens with zero attached hydrogens (tertiary/aromatic N) is 2. The van der Waals surface area contributed by atoms with Gasteiger partial charge >= 0.3 is 5.97 Å². The lowest BCUT2D eigenvalue weighted by atomic mass is 10.1. The summed E-state index contributed by atoms with van der Waals surface area (Å²) in [6.07, 6.45) is 6.59. The number of fused-ring (bicyclic) bond motifs is 2. The van der Waals surface area contributed by atoms with Gasteiger partial charge in [0.2, 0.25) is 5.78 Å². The number of rotatable bonds is 8. The molecule has 2 aromatic carbocycles. The van der Waals surface area contributed by atoms with Gasteiger partial charge < -0.3 is 20.1 Å². The number of hydrogen-bond donors (Lipinski definition) is 2. The molecule has 8 heteroatoms. The predicted octanol–water partition coefficient (Wildman–Crippen LogP) is 4.98. The molecule has 190 valence electrons. The van der Waals surface area contributed by atoms with E-state index in [1.54, 1.807) is 0 Å². The lowest BCUT2D eigenvalue weighted by molar-refractivity contribution is -0.148. The van der Waals surface area contributed by atoms with E-state index in [0.717, 1.165) is 65.0 Å². The number of ketones is 1. The molecule has 2 aliphatic rings. The van der Waals surface area contributed by atoms with Crippen molar-refractivity contribution < 1.29 is 19.4 Å². The second kappa shape index (κ2) is 12.6. The molecule has 0 unspecified atom stereocenters. The van der Waals surface area contributed by atoms with Crippen LogP contribution in [0.5, 0.6) is 5.75 Å². The number of thiophene rings is 1. The van der Waals surface area contributed by atoms with Crippen molar-refractivity contribution in [2.45, 2.75) is 19.8 Å². The maximum atomic E-state index is 9.54. The molecule has 1 fully saturated rings. The zero-order chi connectivity index (χ0) is 25.3. The Kier molecular flexibility index (Phi) is 8.97. The third kappa shape index (κ3) is 6.86. The molecule has 2 N–H and O–H groups in total. The second-order valence-electron chi connectivity index (χ2n) is 8.89. The third-order valence-electron chi connectivity index (χ3n) is 6.36. The molecule has 7 nitrogen and oxygen atoms in total. The van der Waals surface area contributed by atoms with Crippen molar-refractivity contribution in [2.24, 2.45) is 0 Å². The van der Waals surface area contributed by atoms with E-state index in [1.165, 1.54) is 33.4 Å². The van der Waals surface area contributed by atoms with Gasteiger partial charge in [0.05, 0.1) is 6.61 Å². The lowest BCUT2D eigenvalue weighted by Gasteiger charge is -2.36.